The van der Waals surface area contributed by atoms with E-state index in [-0.39, 0.29) is 25.2 Å². The number of hydrogen-bond acceptors (Lipinski definition) is 6. The highest BCUT2D eigenvalue weighted by Gasteiger charge is 2.22. The molecule has 0 unspecified atom stereocenters. The molecule has 1 aliphatic rings. The van der Waals surface area contributed by atoms with Gasteiger partial charge in [0.1, 0.15) is 19.3 Å². The van der Waals surface area contributed by atoms with Crippen LogP contribution in [0, 0.1) is 5.41 Å². The summed E-state index contributed by atoms with van der Waals surface area (Å²) in [5, 5.41) is 0. The van der Waals surface area contributed by atoms with Crippen molar-refractivity contribution in [3.05, 3.63) is 0 Å². The number of ether oxygens (including phenoxy) is 4. The van der Waals surface area contributed by atoms with Gasteiger partial charge in [-0.05, 0) is 5.41 Å². The molecule has 0 saturated carbocycles. The highest BCUT2D eigenvalue weighted by Crippen LogP contribution is 2.13. The van der Waals surface area contributed by atoms with Crippen LogP contribution in [0.5, 0.6) is 0 Å². The second-order valence-corrected chi connectivity index (χ2v) is 5.37. The Morgan fingerprint density at radius 3 is 2.33 bits per heavy atom. The van der Waals surface area contributed by atoms with E-state index in [4.69, 9.17) is 18.9 Å². The summed E-state index contributed by atoms with van der Waals surface area (Å²) in [4.78, 5) is 22.8. The molecule has 0 aromatic rings. The minimum absolute atomic E-state index is 0.120. The van der Waals surface area contributed by atoms with E-state index in [2.05, 4.69) is 0 Å². The second-order valence-electron chi connectivity index (χ2n) is 5.37. The Morgan fingerprint density at radius 2 is 1.78 bits per heavy atom. The second kappa shape index (κ2) is 6.70. The predicted octanol–water partition coefficient (Wildman–Crippen LogP) is 0.882. The number of carbonyl (C=O) groups excluding carboxylic acids is 2. The zero-order valence-corrected chi connectivity index (χ0v) is 11.1. The number of hydrogen-bond donors (Lipinski definition) is 0. The van der Waals surface area contributed by atoms with Crippen LogP contribution in [0.25, 0.3) is 0 Å². The lowest BCUT2D eigenvalue weighted by Gasteiger charge is -2.22. The third kappa shape index (κ3) is 6.56. The van der Waals surface area contributed by atoms with Gasteiger partial charge in [-0.1, -0.05) is 20.8 Å². The van der Waals surface area contributed by atoms with Gasteiger partial charge in [0.2, 0.25) is 0 Å². The van der Waals surface area contributed by atoms with Crippen molar-refractivity contribution in [1.82, 2.24) is 0 Å². The maximum atomic E-state index is 11.4. The summed E-state index contributed by atoms with van der Waals surface area (Å²) in [5.74, 6) is -1.19. The molecule has 1 aliphatic heterocycles. The summed E-state index contributed by atoms with van der Waals surface area (Å²) in [6.07, 6.45) is -0.825. The Hall–Kier alpha value is -1.14. The molecule has 0 bridgehead atoms. The average Bonchev–Trinajstić information content (AvgIpc) is 2.26. The van der Waals surface area contributed by atoms with Crippen molar-refractivity contribution < 1.29 is 28.5 Å². The molecule has 6 nitrogen and oxygen atoms in total. The van der Waals surface area contributed by atoms with Crippen molar-refractivity contribution in [3.63, 3.8) is 0 Å². The molecule has 0 spiro atoms. The summed E-state index contributed by atoms with van der Waals surface area (Å²) >= 11 is 0. The monoisotopic (exact) mass is 260 g/mol. The van der Waals surface area contributed by atoms with E-state index >= 15 is 0 Å². The van der Waals surface area contributed by atoms with Gasteiger partial charge in [0, 0.05) is 0 Å². The Kier molecular flexibility index (Phi) is 5.55. The van der Waals surface area contributed by atoms with Crippen molar-refractivity contribution >= 4 is 11.9 Å². The summed E-state index contributed by atoms with van der Waals surface area (Å²) in [6, 6.07) is 0. The van der Waals surface area contributed by atoms with E-state index in [1.165, 1.54) is 0 Å². The van der Waals surface area contributed by atoms with Crippen LogP contribution in [-0.2, 0) is 28.5 Å². The first-order valence-electron chi connectivity index (χ1n) is 5.87. The molecule has 1 rings (SSSR count). The van der Waals surface area contributed by atoms with E-state index in [0.29, 0.717) is 13.2 Å². The number of esters is 2. The fourth-order valence-electron chi connectivity index (χ4n) is 1.23. The molecule has 0 atom stereocenters. The summed E-state index contributed by atoms with van der Waals surface area (Å²) in [6.45, 7) is 6.89. The van der Waals surface area contributed by atoms with E-state index in [1.807, 2.05) is 20.8 Å². The predicted molar refractivity (Wildman–Crippen MR) is 61.7 cm³/mol. The highest BCUT2D eigenvalue weighted by molar-refractivity contribution is 5.91. The Labute approximate surface area is 107 Å². The van der Waals surface area contributed by atoms with Crippen LogP contribution in [0.4, 0.5) is 0 Å². The first-order chi connectivity index (χ1) is 8.37. The largest absolute Gasteiger partial charge is 0.465 e. The molecule has 6 heteroatoms. The molecule has 0 N–H and O–H groups in total. The molecule has 1 fully saturated rings. The number of rotatable bonds is 4. The lowest BCUT2D eigenvalue weighted by atomic mass is 9.99. The van der Waals surface area contributed by atoms with Crippen LogP contribution in [0.15, 0.2) is 0 Å². The molecule has 104 valence electrons. The van der Waals surface area contributed by atoms with Gasteiger partial charge in [0.05, 0.1) is 19.8 Å². The standard InChI is InChI=1S/C12H20O6/c1-12(2,3)7-17-10(13)4-11(14)18-9-5-15-8-16-6-9/h9H,4-8H2,1-3H3. The van der Waals surface area contributed by atoms with Gasteiger partial charge in [-0.15, -0.1) is 0 Å². The van der Waals surface area contributed by atoms with Gasteiger partial charge in [-0.2, -0.15) is 0 Å². The molecule has 0 amide bonds. The van der Waals surface area contributed by atoms with Gasteiger partial charge in [0.25, 0.3) is 0 Å². The summed E-state index contributed by atoms with van der Waals surface area (Å²) in [5.41, 5.74) is -0.120. The van der Waals surface area contributed by atoms with E-state index < -0.39 is 18.0 Å². The van der Waals surface area contributed by atoms with Crippen LogP contribution < -0.4 is 0 Å². The fourth-order valence-corrected chi connectivity index (χ4v) is 1.23. The molecule has 0 aromatic heterocycles. The van der Waals surface area contributed by atoms with E-state index in [0.717, 1.165) is 0 Å². The van der Waals surface area contributed by atoms with Crippen molar-refractivity contribution in [2.24, 2.45) is 5.41 Å². The minimum Gasteiger partial charge on any atom is -0.465 e. The van der Waals surface area contributed by atoms with E-state index in [9.17, 15) is 9.59 Å². The SMILES string of the molecule is CC(C)(C)COC(=O)CC(=O)OC1COCOC1. The average molecular weight is 260 g/mol. The fraction of sp³-hybridized carbons (Fsp3) is 0.833. The van der Waals surface area contributed by atoms with Crippen LogP contribution in [0.1, 0.15) is 27.2 Å². The number of carbonyl (C=O) groups is 2. The zero-order valence-electron chi connectivity index (χ0n) is 11.1. The summed E-state index contributed by atoms with van der Waals surface area (Å²) < 4.78 is 19.9. The Morgan fingerprint density at radius 1 is 1.17 bits per heavy atom. The van der Waals surface area contributed by atoms with Crippen molar-refractivity contribution in [2.75, 3.05) is 26.6 Å². The first-order valence-corrected chi connectivity index (χ1v) is 5.87. The molecule has 0 aromatic carbocycles. The maximum Gasteiger partial charge on any atom is 0.317 e. The van der Waals surface area contributed by atoms with Crippen LogP contribution in [-0.4, -0.2) is 44.7 Å². The molecule has 0 aliphatic carbocycles. The summed E-state index contributed by atoms with van der Waals surface area (Å²) in [7, 11) is 0. The molecular weight excluding hydrogens is 240 g/mol. The lowest BCUT2D eigenvalue weighted by Crippen LogP contribution is -2.34. The normalized spacial score (nSPS) is 17.3. The van der Waals surface area contributed by atoms with Crippen molar-refractivity contribution in [2.45, 2.75) is 33.3 Å². The third-order valence-electron chi connectivity index (χ3n) is 2.03. The minimum atomic E-state index is -0.618. The lowest BCUT2D eigenvalue weighted by molar-refractivity contribution is -0.185. The first kappa shape index (κ1) is 14.9. The molecule has 1 saturated heterocycles. The van der Waals surface area contributed by atoms with Gasteiger partial charge < -0.3 is 18.9 Å². The Balaban J connectivity index is 2.20. The highest BCUT2D eigenvalue weighted by atomic mass is 16.7. The van der Waals surface area contributed by atoms with Crippen LogP contribution in [0.3, 0.4) is 0 Å². The molecule has 18 heavy (non-hydrogen) atoms. The molecule has 0 radical (unpaired) electrons. The van der Waals surface area contributed by atoms with Gasteiger partial charge >= 0.3 is 11.9 Å². The molecular formula is C12H20O6. The van der Waals surface area contributed by atoms with Gasteiger partial charge in [0.15, 0.2) is 0 Å². The van der Waals surface area contributed by atoms with Gasteiger partial charge in [-0.3, -0.25) is 9.59 Å². The van der Waals surface area contributed by atoms with Crippen LogP contribution in [0.2, 0.25) is 0 Å². The quantitative estimate of drug-likeness (QED) is 0.552. The topological polar surface area (TPSA) is 71.1 Å². The smallest absolute Gasteiger partial charge is 0.317 e. The van der Waals surface area contributed by atoms with Crippen molar-refractivity contribution in [3.8, 4) is 0 Å². The Bertz CT molecular complexity index is 287. The van der Waals surface area contributed by atoms with Crippen molar-refractivity contribution in [1.29, 1.82) is 0 Å². The maximum absolute atomic E-state index is 11.4. The zero-order chi connectivity index (χ0) is 13.6. The van der Waals surface area contributed by atoms with Crippen LogP contribution >= 0.6 is 0 Å². The molecule has 1 heterocycles. The third-order valence-corrected chi connectivity index (χ3v) is 2.03. The van der Waals surface area contributed by atoms with Gasteiger partial charge in [-0.25, -0.2) is 0 Å². The van der Waals surface area contributed by atoms with E-state index in [1.54, 1.807) is 0 Å².